The number of hydrazone groups is 1. The Balaban J connectivity index is 2.80. The van der Waals surface area contributed by atoms with E-state index in [0.29, 0.717) is 11.3 Å². The van der Waals surface area contributed by atoms with Gasteiger partial charge >= 0.3 is 12.0 Å². The van der Waals surface area contributed by atoms with Crippen LogP contribution in [0.1, 0.15) is 16.1 Å². The Bertz CT molecular complexity index is 436. The van der Waals surface area contributed by atoms with Crippen molar-refractivity contribution >= 4 is 18.2 Å². The van der Waals surface area contributed by atoms with Gasteiger partial charge in [-0.25, -0.2) is 15.0 Å². The molecule has 0 spiro atoms. The molecule has 0 atom stereocenters. The predicted octanol–water partition coefficient (Wildman–Crippen LogP) is -0.186. The van der Waals surface area contributed by atoms with E-state index >= 15 is 0 Å². The number of aromatic nitrogens is 1. The van der Waals surface area contributed by atoms with E-state index in [0.717, 1.165) is 0 Å². The first-order chi connectivity index (χ1) is 7.54. The highest BCUT2D eigenvalue weighted by molar-refractivity contribution is 5.91. The Labute approximate surface area is 91.9 Å². The van der Waals surface area contributed by atoms with Crippen molar-refractivity contribution in [1.82, 2.24) is 9.99 Å². The quantitative estimate of drug-likeness (QED) is 0.423. The average molecular weight is 224 g/mol. The van der Waals surface area contributed by atoms with Crippen LogP contribution in [-0.2, 0) is 11.8 Å². The fourth-order valence-electron chi connectivity index (χ4n) is 1.14. The zero-order valence-electron chi connectivity index (χ0n) is 8.93. The van der Waals surface area contributed by atoms with E-state index < -0.39 is 12.0 Å². The van der Waals surface area contributed by atoms with Crippen LogP contribution in [-0.4, -0.2) is 29.9 Å². The van der Waals surface area contributed by atoms with Crippen molar-refractivity contribution < 1.29 is 14.3 Å². The van der Waals surface area contributed by atoms with Crippen LogP contribution in [0.2, 0.25) is 0 Å². The van der Waals surface area contributed by atoms with Crippen molar-refractivity contribution in [3.8, 4) is 0 Å². The molecule has 0 bridgehead atoms. The maximum Gasteiger partial charge on any atom is 0.354 e. The van der Waals surface area contributed by atoms with E-state index in [1.54, 1.807) is 23.9 Å². The highest BCUT2D eigenvalue weighted by Crippen LogP contribution is 2.06. The molecule has 0 aliphatic heterocycles. The molecule has 1 heterocycles. The minimum atomic E-state index is -0.750. The average Bonchev–Trinajstić information content (AvgIpc) is 2.58. The monoisotopic (exact) mass is 224 g/mol. The predicted molar refractivity (Wildman–Crippen MR) is 57.1 cm³/mol. The van der Waals surface area contributed by atoms with E-state index in [9.17, 15) is 9.59 Å². The number of nitrogens with zero attached hydrogens (tertiary/aromatic N) is 2. The second-order valence-corrected chi connectivity index (χ2v) is 3.00. The number of methoxy groups -OCH3 is 1. The van der Waals surface area contributed by atoms with Crippen molar-refractivity contribution in [2.24, 2.45) is 17.9 Å². The van der Waals surface area contributed by atoms with Gasteiger partial charge in [-0.3, -0.25) is 0 Å². The van der Waals surface area contributed by atoms with Crippen LogP contribution in [0.5, 0.6) is 0 Å². The van der Waals surface area contributed by atoms with Crippen LogP contribution < -0.4 is 11.2 Å². The topological polar surface area (TPSA) is 98.7 Å². The Morgan fingerprint density at radius 3 is 2.88 bits per heavy atom. The number of ether oxygens (including phenoxy) is 1. The van der Waals surface area contributed by atoms with Crippen LogP contribution in [0, 0.1) is 0 Å². The summed E-state index contributed by atoms with van der Waals surface area (Å²) in [6.45, 7) is 0. The SMILES string of the molecule is COC(=O)c1cc(C=NNC(N)=O)cn1C. The summed E-state index contributed by atoms with van der Waals surface area (Å²) in [7, 11) is 3.00. The summed E-state index contributed by atoms with van der Waals surface area (Å²) in [6, 6.07) is 0.832. The molecule has 1 aromatic rings. The number of hydrogen-bond donors (Lipinski definition) is 2. The van der Waals surface area contributed by atoms with Gasteiger partial charge in [-0.1, -0.05) is 0 Å². The zero-order chi connectivity index (χ0) is 12.1. The molecule has 7 heteroatoms. The second-order valence-electron chi connectivity index (χ2n) is 3.00. The minimum absolute atomic E-state index is 0.392. The molecule has 0 saturated carbocycles. The molecule has 16 heavy (non-hydrogen) atoms. The molecule has 86 valence electrons. The molecule has 0 unspecified atom stereocenters. The number of aryl methyl sites for hydroxylation is 1. The normalized spacial score (nSPS) is 10.4. The van der Waals surface area contributed by atoms with Crippen molar-refractivity contribution in [1.29, 1.82) is 0 Å². The number of carbonyl (C=O) groups excluding carboxylic acids is 2. The molecule has 0 fully saturated rings. The molecule has 0 aliphatic rings. The molecule has 0 radical (unpaired) electrons. The Morgan fingerprint density at radius 1 is 1.62 bits per heavy atom. The van der Waals surface area contributed by atoms with Gasteiger partial charge in [0.2, 0.25) is 0 Å². The van der Waals surface area contributed by atoms with Crippen LogP contribution in [0.3, 0.4) is 0 Å². The van der Waals surface area contributed by atoms with Gasteiger partial charge in [0.1, 0.15) is 5.69 Å². The van der Waals surface area contributed by atoms with E-state index in [1.165, 1.54) is 13.3 Å². The van der Waals surface area contributed by atoms with E-state index in [-0.39, 0.29) is 0 Å². The van der Waals surface area contributed by atoms with Crippen molar-refractivity contribution in [3.63, 3.8) is 0 Å². The number of nitrogens with two attached hydrogens (primary N) is 1. The molecule has 1 aromatic heterocycles. The Hall–Kier alpha value is -2.31. The lowest BCUT2D eigenvalue weighted by molar-refractivity contribution is 0.0590. The standard InChI is InChI=1S/C9H12N4O3/c1-13-5-6(4-11-12-9(10)15)3-7(13)8(14)16-2/h3-5H,1-2H3,(H3,10,12,15). The molecule has 0 aromatic carbocycles. The van der Waals surface area contributed by atoms with Gasteiger partial charge in [0.05, 0.1) is 13.3 Å². The highest BCUT2D eigenvalue weighted by Gasteiger charge is 2.10. The minimum Gasteiger partial charge on any atom is -0.464 e. The molecule has 1 rings (SSSR count). The largest absolute Gasteiger partial charge is 0.464 e. The lowest BCUT2D eigenvalue weighted by atomic mass is 10.3. The summed E-state index contributed by atoms with van der Waals surface area (Å²) in [4.78, 5) is 21.6. The fraction of sp³-hybridized carbons (Fsp3) is 0.222. The lowest BCUT2D eigenvalue weighted by Crippen LogP contribution is -2.24. The third-order valence-corrected chi connectivity index (χ3v) is 1.81. The van der Waals surface area contributed by atoms with Crippen LogP contribution in [0.15, 0.2) is 17.4 Å². The van der Waals surface area contributed by atoms with E-state index in [1.807, 2.05) is 5.43 Å². The third kappa shape index (κ3) is 2.84. The Kier molecular flexibility index (Phi) is 3.65. The number of primary amides is 1. The number of nitrogens with one attached hydrogen (secondary N) is 1. The van der Waals surface area contributed by atoms with Gasteiger partial charge in [-0.2, -0.15) is 5.10 Å². The molecule has 0 aliphatic carbocycles. The highest BCUT2D eigenvalue weighted by atomic mass is 16.5. The van der Waals surface area contributed by atoms with E-state index in [2.05, 4.69) is 9.84 Å². The van der Waals surface area contributed by atoms with Gasteiger partial charge in [-0.05, 0) is 6.07 Å². The first-order valence-corrected chi connectivity index (χ1v) is 4.37. The van der Waals surface area contributed by atoms with Crippen molar-refractivity contribution in [2.75, 3.05) is 7.11 Å². The van der Waals surface area contributed by atoms with Gasteiger partial charge in [0.25, 0.3) is 0 Å². The summed E-state index contributed by atoms with van der Waals surface area (Å²) in [5, 5.41) is 3.57. The summed E-state index contributed by atoms with van der Waals surface area (Å²) < 4.78 is 6.17. The second kappa shape index (κ2) is 4.96. The molecule has 2 amide bonds. The number of urea groups is 1. The summed E-state index contributed by atoms with van der Waals surface area (Å²) >= 11 is 0. The first-order valence-electron chi connectivity index (χ1n) is 4.37. The number of carbonyl (C=O) groups is 2. The fourth-order valence-corrected chi connectivity index (χ4v) is 1.14. The van der Waals surface area contributed by atoms with Gasteiger partial charge in [0.15, 0.2) is 0 Å². The van der Waals surface area contributed by atoms with Gasteiger partial charge in [-0.15, -0.1) is 0 Å². The van der Waals surface area contributed by atoms with Crippen molar-refractivity contribution in [2.45, 2.75) is 0 Å². The first kappa shape index (κ1) is 11.8. The molecular weight excluding hydrogens is 212 g/mol. The third-order valence-electron chi connectivity index (χ3n) is 1.81. The zero-order valence-corrected chi connectivity index (χ0v) is 8.93. The number of hydrogen-bond acceptors (Lipinski definition) is 4. The van der Waals surface area contributed by atoms with Gasteiger partial charge < -0.3 is 15.0 Å². The maximum atomic E-state index is 11.3. The van der Waals surface area contributed by atoms with Crippen molar-refractivity contribution in [3.05, 3.63) is 23.5 Å². The molecule has 7 nitrogen and oxygen atoms in total. The lowest BCUT2D eigenvalue weighted by Gasteiger charge is -1.98. The smallest absolute Gasteiger partial charge is 0.354 e. The van der Waals surface area contributed by atoms with Gasteiger partial charge in [0, 0.05) is 18.8 Å². The summed E-state index contributed by atoms with van der Waals surface area (Å²) in [5.41, 5.74) is 7.91. The number of esters is 1. The van der Waals surface area contributed by atoms with Crippen LogP contribution in [0.25, 0.3) is 0 Å². The number of rotatable bonds is 3. The van der Waals surface area contributed by atoms with E-state index in [4.69, 9.17) is 5.73 Å². The maximum absolute atomic E-state index is 11.3. The number of amides is 2. The summed E-state index contributed by atoms with van der Waals surface area (Å²) in [6.07, 6.45) is 3.04. The molecule has 0 saturated heterocycles. The van der Waals surface area contributed by atoms with Crippen LogP contribution in [0.4, 0.5) is 4.79 Å². The summed E-state index contributed by atoms with van der Waals surface area (Å²) in [5.74, 6) is -0.440. The Morgan fingerprint density at radius 2 is 2.31 bits per heavy atom. The van der Waals surface area contributed by atoms with Crippen LogP contribution >= 0.6 is 0 Å². The molecule has 3 N–H and O–H groups in total. The molecular formula is C9H12N4O3.